The molecule has 0 saturated carbocycles. The molecule has 1 aromatic rings. The summed E-state index contributed by atoms with van der Waals surface area (Å²) in [5.41, 5.74) is 6.85. The van der Waals surface area contributed by atoms with E-state index in [9.17, 15) is 4.79 Å². The maximum absolute atomic E-state index is 12.1. The Morgan fingerprint density at radius 2 is 2.06 bits per heavy atom. The van der Waals surface area contributed by atoms with E-state index >= 15 is 0 Å². The summed E-state index contributed by atoms with van der Waals surface area (Å²) in [6.45, 7) is 4.87. The molecule has 1 amide bonds. The minimum Gasteiger partial charge on any atom is -0.377 e. The maximum Gasteiger partial charge on any atom is 0.251 e. The van der Waals surface area contributed by atoms with Crippen molar-refractivity contribution in [1.82, 2.24) is 5.32 Å². The van der Waals surface area contributed by atoms with Crippen LogP contribution in [0, 0.1) is 0 Å². The summed E-state index contributed by atoms with van der Waals surface area (Å²) < 4.78 is 5.27. The Balaban J connectivity index is 2.72. The van der Waals surface area contributed by atoms with Gasteiger partial charge in [-0.1, -0.05) is 18.2 Å². The normalized spacial score (nSPS) is 11.3. The highest BCUT2D eigenvalue weighted by Gasteiger charge is 2.18. The molecule has 4 heteroatoms. The second-order valence-corrected chi connectivity index (χ2v) is 4.84. The molecule has 1 rings (SSSR count). The highest BCUT2D eigenvalue weighted by atomic mass is 16.5. The minimum atomic E-state index is -0.363. The summed E-state index contributed by atoms with van der Waals surface area (Å²) in [6.07, 6.45) is 0.706. The Morgan fingerprint density at radius 3 is 2.67 bits per heavy atom. The van der Waals surface area contributed by atoms with Crippen molar-refractivity contribution in [2.24, 2.45) is 5.73 Å². The zero-order valence-electron chi connectivity index (χ0n) is 11.3. The average molecular weight is 250 g/mol. The first kappa shape index (κ1) is 14.7. The average Bonchev–Trinajstić information content (AvgIpc) is 2.37. The SMILES string of the molecule is COC(C)(C)CNC(=O)c1ccccc1CCN. The highest BCUT2D eigenvalue weighted by Crippen LogP contribution is 2.10. The van der Waals surface area contributed by atoms with Crippen molar-refractivity contribution in [3.8, 4) is 0 Å². The lowest BCUT2D eigenvalue weighted by atomic mass is 10.0. The molecular weight excluding hydrogens is 228 g/mol. The van der Waals surface area contributed by atoms with Crippen LogP contribution in [0.15, 0.2) is 24.3 Å². The van der Waals surface area contributed by atoms with Crippen LogP contribution in [0.3, 0.4) is 0 Å². The van der Waals surface area contributed by atoms with Gasteiger partial charge >= 0.3 is 0 Å². The Morgan fingerprint density at radius 1 is 1.39 bits per heavy atom. The molecule has 0 atom stereocenters. The van der Waals surface area contributed by atoms with Gasteiger partial charge < -0.3 is 15.8 Å². The van der Waals surface area contributed by atoms with Crippen LogP contribution in [0.1, 0.15) is 29.8 Å². The van der Waals surface area contributed by atoms with Crippen LogP contribution in [-0.4, -0.2) is 31.7 Å². The van der Waals surface area contributed by atoms with Crippen molar-refractivity contribution < 1.29 is 9.53 Å². The van der Waals surface area contributed by atoms with Gasteiger partial charge in [0, 0.05) is 19.2 Å². The van der Waals surface area contributed by atoms with Gasteiger partial charge in [0.05, 0.1) is 5.60 Å². The third-order valence-corrected chi connectivity index (χ3v) is 2.90. The predicted octanol–water partition coefficient (Wildman–Crippen LogP) is 1.34. The second kappa shape index (κ2) is 6.52. The highest BCUT2D eigenvalue weighted by molar-refractivity contribution is 5.95. The molecule has 0 aromatic heterocycles. The van der Waals surface area contributed by atoms with E-state index < -0.39 is 0 Å². The van der Waals surface area contributed by atoms with Gasteiger partial charge in [-0.15, -0.1) is 0 Å². The molecule has 0 heterocycles. The number of ether oxygens (including phenoxy) is 1. The van der Waals surface area contributed by atoms with Gasteiger partial charge in [-0.2, -0.15) is 0 Å². The summed E-state index contributed by atoms with van der Waals surface area (Å²) in [4.78, 5) is 12.1. The minimum absolute atomic E-state index is 0.0795. The van der Waals surface area contributed by atoms with E-state index in [1.165, 1.54) is 0 Å². The summed E-state index contributed by atoms with van der Waals surface area (Å²) in [6, 6.07) is 7.53. The first-order valence-electron chi connectivity index (χ1n) is 6.11. The van der Waals surface area contributed by atoms with Crippen LogP contribution in [0.2, 0.25) is 0 Å². The molecule has 4 nitrogen and oxygen atoms in total. The lowest BCUT2D eigenvalue weighted by Gasteiger charge is -2.23. The van der Waals surface area contributed by atoms with Crippen molar-refractivity contribution in [3.05, 3.63) is 35.4 Å². The number of nitrogens with one attached hydrogen (secondary N) is 1. The quantitative estimate of drug-likeness (QED) is 0.801. The number of nitrogens with two attached hydrogens (primary N) is 1. The van der Waals surface area contributed by atoms with Gasteiger partial charge in [0.15, 0.2) is 0 Å². The number of methoxy groups -OCH3 is 1. The maximum atomic E-state index is 12.1. The molecule has 0 unspecified atom stereocenters. The monoisotopic (exact) mass is 250 g/mol. The number of carbonyl (C=O) groups excluding carboxylic acids is 1. The van der Waals surface area contributed by atoms with Crippen molar-refractivity contribution in [3.63, 3.8) is 0 Å². The first-order valence-corrected chi connectivity index (χ1v) is 6.11. The molecule has 0 bridgehead atoms. The lowest BCUT2D eigenvalue weighted by Crippen LogP contribution is -2.40. The van der Waals surface area contributed by atoms with Gasteiger partial charge in [0.1, 0.15) is 0 Å². The van der Waals surface area contributed by atoms with Gasteiger partial charge in [-0.05, 0) is 38.4 Å². The Labute approximate surface area is 109 Å². The predicted molar refractivity (Wildman–Crippen MR) is 72.6 cm³/mol. The van der Waals surface area contributed by atoms with Crippen molar-refractivity contribution in [2.45, 2.75) is 25.9 Å². The van der Waals surface area contributed by atoms with E-state index in [1.54, 1.807) is 7.11 Å². The standard InChI is InChI=1S/C14H22N2O2/c1-14(2,18-3)10-16-13(17)12-7-5-4-6-11(12)8-9-15/h4-7H,8-10,15H2,1-3H3,(H,16,17). The summed E-state index contributed by atoms with van der Waals surface area (Å²) in [5.74, 6) is -0.0795. The second-order valence-electron chi connectivity index (χ2n) is 4.84. The van der Waals surface area contributed by atoms with Crippen molar-refractivity contribution in [2.75, 3.05) is 20.2 Å². The van der Waals surface area contributed by atoms with Crippen LogP contribution in [0.4, 0.5) is 0 Å². The zero-order valence-corrected chi connectivity index (χ0v) is 11.3. The van der Waals surface area contributed by atoms with Crippen LogP contribution in [-0.2, 0) is 11.2 Å². The molecule has 0 aliphatic rings. The molecule has 0 radical (unpaired) electrons. The van der Waals surface area contributed by atoms with Gasteiger partial charge in [0.25, 0.3) is 5.91 Å². The Hall–Kier alpha value is -1.39. The molecule has 100 valence electrons. The third-order valence-electron chi connectivity index (χ3n) is 2.90. The fourth-order valence-electron chi connectivity index (χ4n) is 1.58. The number of benzene rings is 1. The van der Waals surface area contributed by atoms with E-state index in [2.05, 4.69) is 5.32 Å². The van der Waals surface area contributed by atoms with Crippen molar-refractivity contribution >= 4 is 5.91 Å². The summed E-state index contributed by atoms with van der Waals surface area (Å²) in [5, 5.41) is 2.88. The zero-order chi connectivity index (χ0) is 13.6. The molecule has 1 aromatic carbocycles. The first-order chi connectivity index (χ1) is 8.50. The van der Waals surface area contributed by atoms with E-state index in [0.717, 1.165) is 5.56 Å². The molecule has 18 heavy (non-hydrogen) atoms. The van der Waals surface area contributed by atoms with Gasteiger partial charge in [-0.25, -0.2) is 0 Å². The van der Waals surface area contributed by atoms with Crippen LogP contribution < -0.4 is 11.1 Å². The number of carbonyl (C=O) groups is 1. The smallest absolute Gasteiger partial charge is 0.251 e. The molecule has 3 N–H and O–H groups in total. The molecule has 0 saturated heterocycles. The summed E-state index contributed by atoms with van der Waals surface area (Å²) >= 11 is 0. The van der Waals surface area contributed by atoms with Gasteiger partial charge in [-0.3, -0.25) is 4.79 Å². The molecule has 0 fully saturated rings. The number of rotatable bonds is 6. The van der Waals surface area contributed by atoms with Crippen LogP contribution >= 0.6 is 0 Å². The fraction of sp³-hybridized carbons (Fsp3) is 0.500. The Kier molecular flexibility index (Phi) is 5.31. The third kappa shape index (κ3) is 4.13. The van der Waals surface area contributed by atoms with E-state index in [0.29, 0.717) is 25.1 Å². The van der Waals surface area contributed by atoms with Crippen LogP contribution in [0.5, 0.6) is 0 Å². The topological polar surface area (TPSA) is 64.3 Å². The van der Waals surface area contributed by atoms with E-state index in [4.69, 9.17) is 10.5 Å². The summed E-state index contributed by atoms with van der Waals surface area (Å²) in [7, 11) is 1.63. The molecule has 0 spiro atoms. The van der Waals surface area contributed by atoms with Gasteiger partial charge in [0.2, 0.25) is 0 Å². The number of hydrogen-bond donors (Lipinski definition) is 2. The van der Waals surface area contributed by atoms with Crippen molar-refractivity contribution in [1.29, 1.82) is 0 Å². The molecule has 0 aliphatic carbocycles. The van der Waals surface area contributed by atoms with E-state index in [1.807, 2.05) is 38.1 Å². The molecule has 0 aliphatic heterocycles. The molecular formula is C14H22N2O2. The van der Waals surface area contributed by atoms with Crippen LogP contribution in [0.25, 0.3) is 0 Å². The number of amides is 1. The number of hydrogen-bond acceptors (Lipinski definition) is 3. The lowest BCUT2D eigenvalue weighted by molar-refractivity contribution is 0.0228. The largest absolute Gasteiger partial charge is 0.377 e. The van der Waals surface area contributed by atoms with E-state index in [-0.39, 0.29) is 11.5 Å². The fourth-order valence-corrected chi connectivity index (χ4v) is 1.58. The Bertz CT molecular complexity index is 403.